The third-order valence-electron chi connectivity index (χ3n) is 4.16. The Hall–Kier alpha value is -3.46. The Morgan fingerprint density at radius 1 is 0.970 bits per heavy atom. The van der Waals surface area contributed by atoms with Crippen LogP contribution in [0.1, 0.15) is 29.8 Å². The van der Waals surface area contributed by atoms with Gasteiger partial charge in [0.2, 0.25) is 0 Å². The summed E-state index contributed by atoms with van der Waals surface area (Å²) in [6, 6.07) is 12.6. The van der Waals surface area contributed by atoms with Crippen molar-refractivity contribution >= 4 is 17.9 Å². The number of rotatable bonds is 12. The minimum Gasteiger partial charge on any atom is -0.493 e. The molecule has 33 heavy (non-hydrogen) atoms. The number of benzene rings is 2. The lowest BCUT2D eigenvalue weighted by molar-refractivity contribution is -0.117. The Balaban J connectivity index is 2.14. The highest BCUT2D eigenvalue weighted by Gasteiger charge is 2.15. The molecule has 0 aliphatic heterocycles. The molecule has 0 unspecified atom stereocenters. The number of halogens is 2. The molecule has 0 atom stereocenters. The van der Waals surface area contributed by atoms with Crippen molar-refractivity contribution < 1.29 is 33.0 Å². The molecule has 0 bridgehead atoms. The molecule has 2 aromatic carbocycles. The summed E-state index contributed by atoms with van der Waals surface area (Å²) in [6.07, 6.45) is -1.15. The van der Waals surface area contributed by atoms with Crippen LogP contribution in [-0.4, -0.2) is 49.7 Å². The zero-order chi connectivity index (χ0) is 24.2. The van der Waals surface area contributed by atoms with Crippen molar-refractivity contribution in [3.63, 3.8) is 0 Å². The number of aliphatic hydroxyl groups excluding tert-OH is 1. The smallest absolute Gasteiger partial charge is 0.272 e. The van der Waals surface area contributed by atoms with Crippen LogP contribution in [0.5, 0.6) is 11.5 Å². The van der Waals surface area contributed by atoms with Gasteiger partial charge >= 0.3 is 0 Å². The summed E-state index contributed by atoms with van der Waals surface area (Å²) in [4.78, 5) is 25.2. The van der Waals surface area contributed by atoms with Crippen molar-refractivity contribution in [3.05, 3.63) is 65.4 Å². The fraction of sp³-hybridized carbons (Fsp3) is 0.333. The summed E-state index contributed by atoms with van der Waals surface area (Å²) >= 11 is 0. The molecule has 0 aliphatic rings. The van der Waals surface area contributed by atoms with Gasteiger partial charge in [0, 0.05) is 12.1 Å². The molecule has 0 fully saturated rings. The van der Waals surface area contributed by atoms with E-state index < -0.39 is 24.8 Å². The number of alkyl halides is 2. The van der Waals surface area contributed by atoms with Gasteiger partial charge in [0.25, 0.3) is 18.2 Å². The van der Waals surface area contributed by atoms with E-state index in [0.717, 1.165) is 0 Å². The van der Waals surface area contributed by atoms with Gasteiger partial charge in [0.05, 0.1) is 13.2 Å². The van der Waals surface area contributed by atoms with Crippen LogP contribution in [0, 0.1) is 5.92 Å². The number of hydrogen-bond acceptors (Lipinski definition) is 5. The first-order valence-electron chi connectivity index (χ1n) is 10.4. The summed E-state index contributed by atoms with van der Waals surface area (Å²) in [5.41, 5.74) is 0.810. The lowest BCUT2D eigenvalue weighted by Crippen LogP contribution is -2.36. The highest BCUT2D eigenvalue weighted by atomic mass is 19.3. The predicted molar refractivity (Wildman–Crippen MR) is 120 cm³/mol. The number of aliphatic hydroxyl groups is 1. The summed E-state index contributed by atoms with van der Waals surface area (Å²) in [5, 5.41) is 14.0. The Morgan fingerprint density at radius 2 is 1.55 bits per heavy atom. The van der Waals surface area contributed by atoms with Gasteiger partial charge in [0.15, 0.2) is 0 Å². The fourth-order valence-corrected chi connectivity index (χ4v) is 2.57. The van der Waals surface area contributed by atoms with Gasteiger partial charge in [-0.05, 0) is 54.0 Å². The standard InChI is InChI=1S/C24H28F2N2O5/c1-16(2)14-32-20-9-5-18(6-10-20)23(30)28-21(24(31)27-11-12-29)13-17-3-7-19(8-4-17)33-15-22(25)26/h3-10,13,16,22,29H,11-12,14-15H2,1-2H3,(H,27,31)(H,28,30)/b21-13+. The second kappa shape index (κ2) is 13.2. The first kappa shape index (κ1) is 25.8. The largest absolute Gasteiger partial charge is 0.493 e. The molecule has 3 N–H and O–H groups in total. The zero-order valence-electron chi connectivity index (χ0n) is 18.5. The van der Waals surface area contributed by atoms with Gasteiger partial charge in [-0.25, -0.2) is 8.78 Å². The molecular formula is C24H28F2N2O5. The molecule has 2 rings (SSSR count). The van der Waals surface area contributed by atoms with Crippen molar-refractivity contribution in [2.75, 3.05) is 26.4 Å². The van der Waals surface area contributed by atoms with E-state index >= 15 is 0 Å². The molecule has 2 amide bonds. The average molecular weight is 462 g/mol. The van der Waals surface area contributed by atoms with Crippen LogP contribution < -0.4 is 20.1 Å². The lowest BCUT2D eigenvalue weighted by Gasteiger charge is -2.12. The van der Waals surface area contributed by atoms with Crippen LogP contribution in [0.15, 0.2) is 54.2 Å². The average Bonchev–Trinajstić information content (AvgIpc) is 2.80. The number of nitrogens with one attached hydrogen (secondary N) is 2. The van der Waals surface area contributed by atoms with E-state index in [-0.39, 0.29) is 24.6 Å². The molecule has 2 aromatic rings. The molecule has 0 radical (unpaired) electrons. The number of carbonyl (C=O) groups is 2. The molecule has 0 heterocycles. The number of carbonyl (C=O) groups excluding carboxylic acids is 2. The first-order chi connectivity index (χ1) is 15.8. The predicted octanol–water partition coefficient (Wildman–Crippen LogP) is 3.24. The lowest BCUT2D eigenvalue weighted by atomic mass is 10.1. The quantitative estimate of drug-likeness (QED) is 0.421. The van der Waals surface area contributed by atoms with Gasteiger partial charge in [0.1, 0.15) is 23.8 Å². The fourth-order valence-electron chi connectivity index (χ4n) is 2.57. The third-order valence-corrected chi connectivity index (χ3v) is 4.16. The molecule has 0 saturated heterocycles. The van der Waals surface area contributed by atoms with Crippen LogP contribution in [-0.2, 0) is 4.79 Å². The topological polar surface area (TPSA) is 96.9 Å². The number of ether oxygens (including phenoxy) is 2. The van der Waals surface area contributed by atoms with Crippen LogP contribution in [0.4, 0.5) is 8.78 Å². The summed E-state index contributed by atoms with van der Waals surface area (Å²) in [5.74, 6) is 0.149. The summed E-state index contributed by atoms with van der Waals surface area (Å²) in [7, 11) is 0. The number of hydrogen-bond donors (Lipinski definition) is 3. The Morgan fingerprint density at radius 3 is 2.09 bits per heavy atom. The van der Waals surface area contributed by atoms with Crippen molar-refractivity contribution in [1.29, 1.82) is 0 Å². The normalized spacial score (nSPS) is 11.4. The van der Waals surface area contributed by atoms with E-state index in [1.54, 1.807) is 36.4 Å². The Kier molecular flexibility index (Phi) is 10.3. The highest BCUT2D eigenvalue weighted by molar-refractivity contribution is 6.05. The van der Waals surface area contributed by atoms with Crippen LogP contribution in [0.2, 0.25) is 0 Å². The molecule has 178 valence electrons. The molecule has 7 nitrogen and oxygen atoms in total. The summed E-state index contributed by atoms with van der Waals surface area (Å²) < 4.78 is 35.1. The highest BCUT2D eigenvalue weighted by Crippen LogP contribution is 2.16. The summed E-state index contributed by atoms with van der Waals surface area (Å²) in [6.45, 7) is 3.63. The van der Waals surface area contributed by atoms with Gasteiger partial charge in [-0.1, -0.05) is 26.0 Å². The maximum absolute atomic E-state index is 12.7. The second-order valence-electron chi connectivity index (χ2n) is 7.49. The van der Waals surface area contributed by atoms with Gasteiger partial charge in [-0.2, -0.15) is 0 Å². The SMILES string of the molecule is CC(C)COc1ccc(C(=O)N/C(=C/c2ccc(OCC(F)F)cc2)C(=O)NCCO)cc1. The van der Waals surface area contributed by atoms with E-state index in [1.807, 2.05) is 13.8 Å². The second-order valence-corrected chi connectivity index (χ2v) is 7.49. The molecular weight excluding hydrogens is 434 g/mol. The molecule has 9 heteroatoms. The van der Waals surface area contributed by atoms with Crippen LogP contribution in [0.3, 0.4) is 0 Å². The molecule has 0 saturated carbocycles. The maximum atomic E-state index is 12.7. The van der Waals surface area contributed by atoms with Gasteiger partial charge < -0.3 is 25.2 Å². The Bertz CT molecular complexity index is 929. The number of amides is 2. The van der Waals surface area contributed by atoms with Gasteiger partial charge in [-0.15, -0.1) is 0 Å². The van der Waals surface area contributed by atoms with E-state index in [9.17, 15) is 18.4 Å². The van der Waals surface area contributed by atoms with E-state index in [0.29, 0.717) is 29.4 Å². The Labute approximate surface area is 191 Å². The van der Waals surface area contributed by atoms with Crippen molar-refractivity contribution in [3.8, 4) is 11.5 Å². The molecule has 0 spiro atoms. The molecule has 0 aliphatic carbocycles. The van der Waals surface area contributed by atoms with Crippen molar-refractivity contribution in [2.24, 2.45) is 5.92 Å². The van der Waals surface area contributed by atoms with Crippen molar-refractivity contribution in [1.82, 2.24) is 10.6 Å². The van der Waals surface area contributed by atoms with Crippen LogP contribution >= 0.6 is 0 Å². The van der Waals surface area contributed by atoms with Gasteiger partial charge in [-0.3, -0.25) is 9.59 Å². The van der Waals surface area contributed by atoms with Crippen molar-refractivity contribution in [2.45, 2.75) is 20.3 Å². The van der Waals surface area contributed by atoms with Crippen LogP contribution in [0.25, 0.3) is 6.08 Å². The van der Waals surface area contributed by atoms with E-state index in [4.69, 9.17) is 14.6 Å². The minimum atomic E-state index is -2.59. The molecule has 0 aromatic heterocycles. The minimum absolute atomic E-state index is 0.00827. The van der Waals surface area contributed by atoms with E-state index in [2.05, 4.69) is 10.6 Å². The van der Waals surface area contributed by atoms with E-state index in [1.165, 1.54) is 18.2 Å². The third kappa shape index (κ3) is 9.28. The monoisotopic (exact) mass is 462 g/mol. The maximum Gasteiger partial charge on any atom is 0.272 e. The zero-order valence-corrected chi connectivity index (χ0v) is 18.5. The first-order valence-corrected chi connectivity index (χ1v) is 10.4.